The lowest BCUT2D eigenvalue weighted by atomic mass is 9.82. The van der Waals surface area contributed by atoms with Crippen molar-refractivity contribution >= 4 is 11.8 Å². The third-order valence-electron chi connectivity index (χ3n) is 4.33. The highest BCUT2D eigenvalue weighted by Crippen LogP contribution is 2.28. The minimum atomic E-state index is -0.157. The molecular weight excluding hydrogens is 228 g/mol. The van der Waals surface area contributed by atoms with Crippen molar-refractivity contribution in [2.45, 2.75) is 57.9 Å². The molecule has 2 atom stereocenters. The van der Waals surface area contributed by atoms with Gasteiger partial charge in [-0.3, -0.25) is 9.59 Å². The fourth-order valence-corrected chi connectivity index (χ4v) is 3.18. The molecule has 1 aliphatic carbocycles. The minimum Gasteiger partial charge on any atom is -0.355 e. The molecule has 2 aliphatic rings. The van der Waals surface area contributed by atoms with Crippen LogP contribution in [0, 0.1) is 11.8 Å². The van der Waals surface area contributed by atoms with Crippen molar-refractivity contribution in [2.75, 3.05) is 6.54 Å². The van der Waals surface area contributed by atoms with Crippen LogP contribution in [-0.4, -0.2) is 24.4 Å². The first kappa shape index (κ1) is 13.4. The minimum absolute atomic E-state index is 0.000801. The largest absolute Gasteiger partial charge is 0.355 e. The Morgan fingerprint density at radius 1 is 1.39 bits per heavy atom. The number of carbonyl (C=O) groups is 2. The molecule has 4 nitrogen and oxygen atoms in total. The second kappa shape index (κ2) is 6.21. The highest BCUT2D eigenvalue weighted by molar-refractivity contribution is 5.89. The molecule has 102 valence electrons. The molecule has 2 rings (SSSR count). The van der Waals surface area contributed by atoms with E-state index in [1.165, 1.54) is 32.1 Å². The van der Waals surface area contributed by atoms with Gasteiger partial charge in [-0.1, -0.05) is 26.2 Å². The predicted molar refractivity (Wildman–Crippen MR) is 69.9 cm³/mol. The van der Waals surface area contributed by atoms with Crippen molar-refractivity contribution in [2.24, 2.45) is 11.8 Å². The second-order valence-corrected chi connectivity index (χ2v) is 5.63. The average Bonchev–Trinajstić information content (AvgIpc) is 2.83. The molecule has 1 heterocycles. The second-order valence-electron chi connectivity index (χ2n) is 5.63. The summed E-state index contributed by atoms with van der Waals surface area (Å²) in [5.41, 5.74) is 0. The molecular formula is C14H24N2O2. The van der Waals surface area contributed by atoms with Crippen LogP contribution < -0.4 is 10.6 Å². The van der Waals surface area contributed by atoms with Crippen LogP contribution in [0.2, 0.25) is 0 Å². The predicted octanol–water partition coefficient (Wildman–Crippen LogP) is 1.60. The van der Waals surface area contributed by atoms with E-state index in [9.17, 15) is 9.59 Å². The maximum absolute atomic E-state index is 12.1. The molecule has 1 saturated heterocycles. The lowest BCUT2D eigenvalue weighted by molar-refractivity contribution is -0.127. The molecule has 1 aliphatic heterocycles. The van der Waals surface area contributed by atoms with Crippen LogP contribution in [0.15, 0.2) is 0 Å². The van der Waals surface area contributed by atoms with Gasteiger partial charge in [0.1, 0.15) is 0 Å². The standard InChI is InChI=1S/C14H24N2O2/c1-2-12(10-6-4-3-5-7-10)16-14(18)11-8-13(17)15-9-11/h10-12H,2-9H2,1H3,(H,15,17)(H,16,18). The van der Waals surface area contributed by atoms with Gasteiger partial charge >= 0.3 is 0 Å². The van der Waals surface area contributed by atoms with Crippen molar-refractivity contribution in [3.63, 3.8) is 0 Å². The SMILES string of the molecule is CCC(NC(=O)C1CNC(=O)C1)C1CCCCC1. The summed E-state index contributed by atoms with van der Waals surface area (Å²) in [6.07, 6.45) is 7.74. The van der Waals surface area contributed by atoms with Gasteiger partial charge in [0.15, 0.2) is 0 Å². The van der Waals surface area contributed by atoms with Gasteiger partial charge in [0.05, 0.1) is 5.92 Å². The van der Waals surface area contributed by atoms with Crippen molar-refractivity contribution < 1.29 is 9.59 Å². The molecule has 2 unspecified atom stereocenters. The van der Waals surface area contributed by atoms with Gasteiger partial charge in [-0.15, -0.1) is 0 Å². The number of rotatable bonds is 4. The first-order valence-electron chi connectivity index (χ1n) is 7.27. The molecule has 1 saturated carbocycles. The molecule has 0 aromatic heterocycles. The zero-order valence-electron chi connectivity index (χ0n) is 11.2. The number of hydrogen-bond donors (Lipinski definition) is 2. The van der Waals surface area contributed by atoms with Crippen LogP contribution in [-0.2, 0) is 9.59 Å². The fraction of sp³-hybridized carbons (Fsp3) is 0.857. The van der Waals surface area contributed by atoms with E-state index in [0.29, 0.717) is 24.9 Å². The highest BCUT2D eigenvalue weighted by Gasteiger charge is 2.31. The third kappa shape index (κ3) is 3.24. The van der Waals surface area contributed by atoms with Crippen molar-refractivity contribution in [3.8, 4) is 0 Å². The summed E-state index contributed by atoms with van der Waals surface area (Å²) >= 11 is 0. The quantitative estimate of drug-likeness (QED) is 0.798. The first-order chi connectivity index (χ1) is 8.70. The zero-order valence-corrected chi connectivity index (χ0v) is 11.2. The molecule has 18 heavy (non-hydrogen) atoms. The van der Waals surface area contributed by atoms with Crippen molar-refractivity contribution in [3.05, 3.63) is 0 Å². The Hall–Kier alpha value is -1.06. The van der Waals surface area contributed by atoms with Gasteiger partial charge in [-0.05, 0) is 25.2 Å². The van der Waals surface area contributed by atoms with Crippen LogP contribution in [0.3, 0.4) is 0 Å². The maximum Gasteiger partial charge on any atom is 0.225 e. The Bertz CT molecular complexity index is 311. The normalized spacial score (nSPS) is 26.7. The van der Waals surface area contributed by atoms with Crippen LogP contribution in [0.1, 0.15) is 51.9 Å². The van der Waals surface area contributed by atoms with Crippen LogP contribution >= 0.6 is 0 Å². The number of carbonyl (C=O) groups excluding carboxylic acids is 2. The maximum atomic E-state index is 12.1. The van der Waals surface area contributed by atoms with Gasteiger partial charge in [0.25, 0.3) is 0 Å². The Balaban J connectivity index is 1.85. The summed E-state index contributed by atoms with van der Waals surface area (Å²) in [5, 5.41) is 5.89. The molecule has 2 fully saturated rings. The van der Waals surface area contributed by atoms with E-state index in [1.54, 1.807) is 0 Å². The lowest BCUT2D eigenvalue weighted by Gasteiger charge is -2.30. The average molecular weight is 252 g/mol. The van der Waals surface area contributed by atoms with Gasteiger partial charge in [0, 0.05) is 19.0 Å². The fourth-order valence-electron chi connectivity index (χ4n) is 3.18. The van der Waals surface area contributed by atoms with Crippen molar-refractivity contribution in [1.29, 1.82) is 0 Å². The summed E-state index contributed by atoms with van der Waals surface area (Å²) in [6, 6.07) is 0.300. The van der Waals surface area contributed by atoms with E-state index in [-0.39, 0.29) is 17.7 Å². The van der Waals surface area contributed by atoms with Gasteiger partial charge in [-0.2, -0.15) is 0 Å². The molecule has 0 aromatic carbocycles. The van der Waals surface area contributed by atoms with E-state index >= 15 is 0 Å². The van der Waals surface area contributed by atoms with Crippen LogP contribution in [0.4, 0.5) is 0 Å². The van der Waals surface area contributed by atoms with Gasteiger partial charge < -0.3 is 10.6 Å². The number of hydrogen-bond acceptors (Lipinski definition) is 2. The molecule has 4 heteroatoms. The van der Waals surface area contributed by atoms with Crippen LogP contribution in [0.25, 0.3) is 0 Å². The Morgan fingerprint density at radius 3 is 2.67 bits per heavy atom. The molecule has 0 spiro atoms. The van der Waals surface area contributed by atoms with Gasteiger partial charge in [-0.25, -0.2) is 0 Å². The molecule has 0 aromatic rings. The first-order valence-corrected chi connectivity index (χ1v) is 7.27. The molecule has 0 bridgehead atoms. The van der Waals surface area contributed by atoms with Crippen molar-refractivity contribution in [1.82, 2.24) is 10.6 Å². The lowest BCUT2D eigenvalue weighted by Crippen LogP contribution is -2.43. The summed E-state index contributed by atoms with van der Waals surface area (Å²) in [5.74, 6) is 0.541. The number of amides is 2. The Labute approximate surface area is 109 Å². The smallest absolute Gasteiger partial charge is 0.225 e. The summed E-state index contributed by atoms with van der Waals surface area (Å²) in [4.78, 5) is 23.2. The van der Waals surface area contributed by atoms with E-state index in [4.69, 9.17) is 0 Å². The molecule has 0 radical (unpaired) electrons. The third-order valence-corrected chi connectivity index (χ3v) is 4.33. The van der Waals surface area contributed by atoms with E-state index < -0.39 is 0 Å². The van der Waals surface area contributed by atoms with Crippen LogP contribution in [0.5, 0.6) is 0 Å². The summed E-state index contributed by atoms with van der Waals surface area (Å²) in [7, 11) is 0. The van der Waals surface area contributed by atoms with Gasteiger partial charge in [0.2, 0.25) is 11.8 Å². The topological polar surface area (TPSA) is 58.2 Å². The highest BCUT2D eigenvalue weighted by atomic mass is 16.2. The Morgan fingerprint density at radius 2 is 2.11 bits per heavy atom. The molecule has 2 amide bonds. The number of nitrogens with one attached hydrogen (secondary N) is 2. The van der Waals surface area contributed by atoms with E-state index in [0.717, 1.165) is 6.42 Å². The zero-order chi connectivity index (χ0) is 13.0. The summed E-state index contributed by atoms with van der Waals surface area (Å²) in [6.45, 7) is 2.64. The monoisotopic (exact) mass is 252 g/mol. The Kier molecular flexibility index (Phi) is 4.61. The summed E-state index contributed by atoms with van der Waals surface area (Å²) < 4.78 is 0. The molecule has 2 N–H and O–H groups in total. The van der Waals surface area contributed by atoms with E-state index in [1.807, 2.05) is 0 Å². The van der Waals surface area contributed by atoms with E-state index in [2.05, 4.69) is 17.6 Å².